The van der Waals surface area contributed by atoms with E-state index < -0.39 is 5.82 Å². The summed E-state index contributed by atoms with van der Waals surface area (Å²) in [6, 6.07) is 4.80. The number of hydrogen-bond acceptors (Lipinski definition) is 2. The molecule has 0 amide bonds. The largest absolute Gasteiger partial charge is 0.328 e. The van der Waals surface area contributed by atoms with Crippen molar-refractivity contribution in [2.24, 2.45) is 5.73 Å². The van der Waals surface area contributed by atoms with Gasteiger partial charge >= 0.3 is 0 Å². The van der Waals surface area contributed by atoms with E-state index >= 15 is 0 Å². The van der Waals surface area contributed by atoms with Gasteiger partial charge in [0.1, 0.15) is 5.82 Å². The minimum absolute atomic E-state index is 0.114. The highest BCUT2D eigenvalue weighted by atomic mass is 35.5. The van der Waals surface area contributed by atoms with Crippen LogP contribution in [0.1, 0.15) is 18.1 Å². The van der Waals surface area contributed by atoms with Crippen molar-refractivity contribution >= 4 is 11.6 Å². The Bertz CT molecular complexity index is 537. The van der Waals surface area contributed by atoms with E-state index in [1.165, 1.54) is 6.07 Å². The molecule has 1 atom stereocenters. The highest BCUT2D eigenvalue weighted by Gasteiger charge is 2.04. The molecule has 0 saturated carbocycles. The summed E-state index contributed by atoms with van der Waals surface area (Å²) in [5.41, 5.74) is 7.74. The third-order valence-electron chi connectivity index (χ3n) is 2.57. The molecule has 0 radical (unpaired) electrons. The lowest BCUT2D eigenvalue weighted by atomic mass is 10.1. The topological polar surface area (TPSA) is 43.8 Å². The average Bonchev–Trinajstić information content (AvgIpc) is 2.70. The van der Waals surface area contributed by atoms with Gasteiger partial charge < -0.3 is 5.73 Å². The van der Waals surface area contributed by atoms with E-state index in [1.807, 2.05) is 13.1 Å². The van der Waals surface area contributed by atoms with Gasteiger partial charge in [-0.3, -0.25) is 4.68 Å². The molecule has 96 valence electrons. The van der Waals surface area contributed by atoms with Gasteiger partial charge in [-0.25, -0.2) is 4.39 Å². The Balaban J connectivity index is 2.08. The van der Waals surface area contributed by atoms with E-state index in [-0.39, 0.29) is 11.1 Å². The molecule has 0 aliphatic rings. The van der Waals surface area contributed by atoms with Crippen LogP contribution in [0.15, 0.2) is 30.6 Å². The second-order valence-corrected chi connectivity index (χ2v) is 4.88. The van der Waals surface area contributed by atoms with Gasteiger partial charge in [0.2, 0.25) is 0 Å². The second-order valence-electron chi connectivity index (χ2n) is 4.48. The lowest BCUT2D eigenvalue weighted by molar-refractivity contribution is 0.625. The third-order valence-corrected chi connectivity index (χ3v) is 2.86. The van der Waals surface area contributed by atoms with Crippen molar-refractivity contribution in [1.29, 1.82) is 0 Å². The first-order valence-corrected chi connectivity index (χ1v) is 6.13. The maximum atomic E-state index is 13.0. The Hall–Kier alpha value is -1.39. The van der Waals surface area contributed by atoms with Crippen molar-refractivity contribution in [3.8, 4) is 0 Å². The van der Waals surface area contributed by atoms with E-state index in [0.29, 0.717) is 6.54 Å². The van der Waals surface area contributed by atoms with Crippen LogP contribution in [-0.2, 0) is 13.0 Å². The number of halogens is 2. The Labute approximate surface area is 110 Å². The smallest absolute Gasteiger partial charge is 0.141 e. The predicted molar refractivity (Wildman–Crippen MR) is 70.1 cm³/mol. The standard InChI is InChI=1S/C13H15ClFN3/c1-9(16)4-11-6-17-18(8-11)7-10-2-3-13(15)12(14)5-10/h2-3,5-6,8-9H,4,7,16H2,1H3. The highest BCUT2D eigenvalue weighted by Crippen LogP contribution is 2.16. The van der Waals surface area contributed by atoms with Crippen LogP contribution in [0.4, 0.5) is 4.39 Å². The fourth-order valence-electron chi connectivity index (χ4n) is 1.80. The van der Waals surface area contributed by atoms with Crippen molar-refractivity contribution < 1.29 is 4.39 Å². The summed E-state index contributed by atoms with van der Waals surface area (Å²) in [6.07, 6.45) is 4.54. The van der Waals surface area contributed by atoms with Crippen molar-refractivity contribution in [3.05, 3.63) is 52.6 Å². The van der Waals surface area contributed by atoms with Gasteiger partial charge in [-0.1, -0.05) is 17.7 Å². The van der Waals surface area contributed by atoms with Crippen LogP contribution in [0, 0.1) is 5.82 Å². The molecule has 2 rings (SSSR count). The average molecular weight is 268 g/mol. The summed E-state index contributed by atoms with van der Waals surface area (Å²) in [5.74, 6) is -0.404. The molecule has 1 aromatic heterocycles. The van der Waals surface area contributed by atoms with Crippen LogP contribution in [-0.4, -0.2) is 15.8 Å². The molecule has 1 unspecified atom stereocenters. The normalized spacial score (nSPS) is 12.7. The Morgan fingerprint density at radius 1 is 1.44 bits per heavy atom. The van der Waals surface area contributed by atoms with Crippen LogP contribution in [0.3, 0.4) is 0 Å². The molecule has 2 aromatic rings. The Kier molecular flexibility index (Phi) is 3.99. The van der Waals surface area contributed by atoms with Crippen LogP contribution >= 0.6 is 11.6 Å². The maximum Gasteiger partial charge on any atom is 0.141 e. The molecule has 0 bridgehead atoms. The van der Waals surface area contributed by atoms with Crippen molar-refractivity contribution in [2.45, 2.75) is 25.9 Å². The maximum absolute atomic E-state index is 13.0. The third kappa shape index (κ3) is 3.31. The van der Waals surface area contributed by atoms with Crippen LogP contribution in [0.2, 0.25) is 5.02 Å². The van der Waals surface area contributed by atoms with E-state index in [2.05, 4.69) is 5.10 Å². The summed E-state index contributed by atoms with van der Waals surface area (Å²) < 4.78 is 14.8. The molecule has 0 spiro atoms. The lowest BCUT2D eigenvalue weighted by Gasteiger charge is -2.03. The SMILES string of the molecule is CC(N)Cc1cnn(Cc2ccc(F)c(Cl)c2)c1. The molecular weight excluding hydrogens is 253 g/mol. The highest BCUT2D eigenvalue weighted by molar-refractivity contribution is 6.30. The van der Waals surface area contributed by atoms with E-state index in [4.69, 9.17) is 17.3 Å². The number of rotatable bonds is 4. The van der Waals surface area contributed by atoms with Gasteiger partial charge in [0.05, 0.1) is 17.8 Å². The summed E-state index contributed by atoms with van der Waals surface area (Å²) in [7, 11) is 0. The molecule has 1 heterocycles. The van der Waals surface area contributed by atoms with Crippen molar-refractivity contribution in [1.82, 2.24) is 9.78 Å². The Morgan fingerprint density at radius 3 is 2.89 bits per heavy atom. The van der Waals surface area contributed by atoms with Crippen LogP contribution in [0.25, 0.3) is 0 Å². The summed E-state index contributed by atoms with van der Waals surface area (Å²) in [6.45, 7) is 2.52. The first kappa shape index (κ1) is 13.1. The van der Waals surface area contributed by atoms with Gasteiger partial charge in [-0.15, -0.1) is 0 Å². The molecular formula is C13H15ClFN3. The quantitative estimate of drug-likeness (QED) is 0.925. The summed E-state index contributed by atoms with van der Waals surface area (Å²) in [5, 5.41) is 4.38. The molecule has 1 aromatic carbocycles. The monoisotopic (exact) mass is 267 g/mol. The first-order valence-electron chi connectivity index (χ1n) is 5.75. The molecule has 0 aliphatic carbocycles. The molecule has 5 heteroatoms. The zero-order chi connectivity index (χ0) is 13.1. The molecule has 18 heavy (non-hydrogen) atoms. The van der Waals surface area contributed by atoms with Crippen LogP contribution < -0.4 is 5.73 Å². The fourth-order valence-corrected chi connectivity index (χ4v) is 2.00. The van der Waals surface area contributed by atoms with E-state index in [9.17, 15) is 4.39 Å². The fraction of sp³-hybridized carbons (Fsp3) is 0.308. The summed E-state index contributed by atoms with van der Waals surface area (Å²) >= 11 is 5.73. The van der Waals surface area contributed by atoms with Gasteiger partial charge in [0.25, 0.3) is 0 Å². The zero-order valence-corrected chi connectivity index (χ0v) is 10.9. The molecule has 2 N–H and O–H groups in total. The number of aromatic nitrogens is 2. The van der Waals surface area contributed by atoms with Crippen molar-refractivity contribution in [2.75, 3.05) is 0 Å². The minimum atomic E-state index is -0.404. The first-order chi connectivity index (χ1) is 8.54. The summed E-state index contributed by atoms with van der Waals surface area (Å²) in [4.78, 5) is 0. The van der Waals surface area contributed by atoms with E-state index in [1.54, 1.807) is 23.0 Å². The van der Waals surface area contributed by atoms with Crippen LogP contribution in [0.5, 0.6) is 0 Å². The number of benzene rings is 1. The number of hydrogen-bond donors (Lipinski definition) is 1. The van der Waals surface area contributed by atoms with Gasteiger partial charge in [-0.2, -0.15) is 5.10 Å². The van der Waals surface area contributed by atoms with Crippen molar-refractivity contribution in [3.63, 3.8) is 0 Å². The molecule has 3 nitrogen and oxygen atoms in total. The molecule has 0 fully saturated rings. The van der Waals surface area contributed by atoms with E-state index in [0.717, 1.165) is 17.5 Å². The second kappa shape index (κ2) is 5.50. The molecule has 0 aliphatic heterocycles. The zero-order valence-electron chi connectivity index (χ0n) is 10.1. The van der Waals surface area contributed by atoms with Gasteiger partial charge in [0.15, 0.2) is 0 Å². The number of nitrogens with two attached hydrogens (primary N) is 1. The minimum Gasteiger partial charge on any atom is -0.328 e. The molecule has 0 saturated heterocycles. The Morgan fingerprint density at radius 2 is 2.22 bits per heavy atom. The lowest BCUT2D eigenvalue weighted by Crippen LogP contribution is -2.17. The number of nitrogens with zero attached hydrogens (tertiary/aromatic N) is 2. The van der Waals surface area contributed by atoms with Gasteiger partial charge in [-0.05, 0) is 36.6 Å². The van der Waals surface area contributed by atoms with Gasteiger partial charge in [0, 0.05) is 12.2 Å². The predicted octanol–water partition coefficient (Wildman–Crippen LogP) is 2.61.